The fraction of sp³-hybridized carbons (Fsp3) is 0.529. The van der Waals surface area contributed by atoms with E-state index in [1.165, 1.54) is 6.07 Å². The minimum Gasteiger partial charge on any atom is -0.450 e. The van der Waals surface area contributed by atoms with E-state index < -0.39 is 11.7 Å². The third kappa shape index (κ3) is 5.27. The summed E-state index contributed by atoms with van der Waals surface area (Å²) in [6, 6.07) is 5.20. The Morgan fingerprint density at radius 2 is 1.88 bits per heavy atom. The first-order valence-corrected chi connectivity index (χ1v) is 8.38. The van der Waals surface area contributed by atoms with Crippen molar-refractivity contribution >= 4 is 12.1 Å². The van der Waals surface area contributed by atoms with Gasteiger partial charge in [-0.05, 0) is 24.6 Å². The number of piperazine rings is 1. The molecule has 1 saturated heterocycles. The van der Waals surface area contributed by atoms with Gasteiger partial charge in [0.05, 0.1) is 12.2 Å². The maximum atomic E-state index is 12.8. The van der Waals surface area contributed by atoms with Crippen molar-refractivity contribution in [3.05, 3.63) is 35.4 Å². The molecule has 1 aromatic carbocycles. The van der Waals surface area contributed by atoms with Crippen LogP contribution < -0.4 is 5.32 Å². The molecular weight excluding hydrogens is 349 g/mol. The van der Waals surface area contributed by atoms with E-state index in [-0.39, 0.29) is 12.6 Å². The maximum absolute atomic E-state index is 12.8. The van der Waals surface area contributed by atoms with Gasteiger partial charge in [0.2, 0.25) is 0 Å². The minimum atomic E-state index is -4.36. The number of halogens is 3. The fourth-order valence-electron chi connectivity index (χ4n) is 2.69. The Kier molecular flexibility index (Phi) is 6.70. The summed E-state index contributed by atoms with van der Waals surface area (Å²) in [6.07, 6.45) is -4.69. The average molecular weight is 372 g/mol. The summed E-state index contributed by atoms with van der Waals surface area (Å²) in [5.41, 5.74) is -0.152. The lowest BCUT2D eigenvalue weighted by Gasteiger charge is -2.35. The van der Waals surface area contributed by atoms with Gasteiger partial charge in [-0.25, -0.2) is 4.79 Å². The maximum Gasteiger partial charge on any atom is 0.416 e. The number of nitrogens with zero attached hydrogens (tertiary/aromatic N) is 3. The predicted molar refractivity (Wildman–Crippen MR) is 91.8 cm³/mol. The third-order valence-corrected chi connectivity index (χ3v) is 4.02. The van der Waals surface area contributed by atoms with Crippen molar-refractivity contribution in [2.45, 2.75) is 19.6 Å². The Labute approximate surface area is 150 Å². The molecule has 2 rings (SSSR count). The molecule has 0 atom stereocenters. The first-order chi connectivity index (χ1) is 12.3. The van der Waals surface area contributed by atoms with E-state index in [0.717, 1.165) is 12.1 Å². The summed E-state index contributed by atoms with van der Waals surface area (Å²) >= 11 is 0. The zero-order chi connectivity index (χ0) is 19.2. The van der Waals surface area contributed by atoms with Gasteiger partial charge in [0.1, 0.15) is 0 Å². The molecular formula is C17H23F3N4O2. The average Bonchev–Trinajstić information content (AvgIpc) is 2.62. The van der Waals surface area contributed by atoms with Crippen LogP contribution >= 0.6 is 0 Å². The van der Waals surface area contributed by atoms with Crippen LogP contribution in [0.25, 0.3) is 0 Å². The number of rotatable bonds is 3. The van der Waals surface area contributed by atoms with E-state index in [2.05, 4.69) is 10.3 Å². The smallest absolute Gasteiger partial charge is 0.416 e. The number of carbonyl (C=O) groups excluding carboxylic acids is 1. The second-order valence-electron chi connectivity index (χ2n) is 5.77. The lowest BCUT2D eigenvalue weighted by atomic mass is 10.1. The molecule has 26 heavy (non-hydrogen) atoms. The molecule has 144 valence electrons. The molecule has 1 amide bonds. The number of nitrogens with one attached hydrogen (secondary N) is 1. The highest BCUT2D eigenvalue weighted by Crippen LogP contribution is 2.29. The van der Waals surface area contributed by atoms with Gasteiger partial charge in [-0.15, -0.1) is 0 Å². The van der Waals surface area contributed by atoms with Crippen molar-refractivity contribution in [2.24, 2.45) is 4.99 Å². The molecule has 9 heteroatoms. The van der Waals surface area contributed by atoms with Crippen molar-refractivity contribution in [1.29, 1.82) is 0 Å². The number of alkyl halides is 3. The lowest BCUT2D eigenvalue weighted by molar-refractivity contribution is -0.137. The van der Waals surface area contributed by atoms with Crippen LogP contribution in [0.1, 0.15) is 18.1 Å². The molecule has 1 N–H and O–H groups in total. The third-order valence-electron chi connectivity index (χ3n) is 4.02. The van der Waals surface area contributed by atoms with Crippen molar-refractivity contribution in [3.63, 3.8) is 0 Å². The summed E-state index contributed by atoms with van der Waals surface area (Å²) in [4.78, 5) is 19.5. The quantitative estimate of drug-likeness (QED) is 0.655. The second kappa shape index (κ2) is 8.77. The molecule has 1 aliphatic rings. The first kappa shape index (κ1) is 19.9. The standard InChI is InChI=1S/C17H23F3N4O2/c1-3-26-16(25)24-9-7-23(8-10-24)15(21-2)22-12-13-5-4-6-14(11-13)17(18,19)20/h4-6,11H,3,7-10,12H2,1-2H3,(H,21,22). The minimum absolute atomic E-state index is 0.231. The Balaban J connectivity index is 1.90. The number of carbonyl (C=O) groups is 1. The van der Waals surface area contributed by atoms with Crippen LogP contribution in [0, 0.1) is 0 Å². The zero-order valence-corrected chi connectivity index (χ0v) is 14.8. The molecule has 0 radical (unpaired) electrons. The summed E-state index contributed by atoms with van der Waals surface area (Å²) in [7, 11) is 1.62. The number of benzene rings is 1. The van der Waals surface area contributed by atoms with Crippen molar-refractivity contribution in [3.8, 4) is 0 Å². The van der Waals surface area contributed by atoms with E-state index in [1.807, 2.05) is 4.90 Å². The molecule has 0 aliphatic carbocycles. The van der Waals surface area contributed by atoms with Gasteiger partial charge < -0.3 is 19.9 Å². The normalized spacial score (nSPS) is 15.8. The predicted octanol–water partition coefficient (Wildman–Crippen LogP) is 2.55. The SMILES string of the molecule is CCOC(=O)N1CCN(C(=NC)NCc2cccc(C(F)(F)F)c2)CC1. The van der Waals surface area contributed by atoms with Gasteiger partial charge in [-0.2, -0.15) is 13.2 Å². The number of amides is 1. The van der Waals surface area contributed by atoms with Gasteiger partial charge in [-0.3, -0.25) is 4.99 Å². The molecule has 0 spiro atoms. The highest BCUT2D eigenvalue weighted by molar-refractivity contribution is 5.80. The van der Waals surface area contributed by atoms with E-state index in [0.29, 0.717) is 44.3 Å². The van der Waals surface area contributed by atoms with Crippen LogP contribution in [0.2, 0.25) is 0 Å². The van der Waals surface area contributed by atoms with Crippen LogP contribution in [0.4, 0.5) is 18.0 Å². The molecule has 0 unspecified atom stereocenters. The van der Waals surface area contributed by atoms with Gasteiger partial charge in [-0.1, -0.05) is 12.1 Å². The highest BCUT2D eigenvalue weighted by atomic mass is 19.4. The highest BCUT2D eigenvalue weighted by Gasteiger charge is 2.30. The Bertz CT molecular complexity index is 641. The van der Waals surface area contributed by atoms with Crippen molar-refractivity contribution in [2.75, 3.05) is 39.8 Å². The van der Waals surface area contributed by atoms with Gasteiger partial charge in [0.25, 0.3) is 0 Å². The van der Waals surface area contributed by atoms with Gasteiger partial charge in [0.15, 0.2) is 5.96 Å². The molecule has 1 fully saturated rings. The second-order valence-corrected chi connectivity index (χ2v) is 5.77. The number of ether oxygens (including phenoxy) is 1. The molecule has 0 aromatic heterocycles. The summed E-state index contributed by atoms with van der Waals surface area (Å²) < 4.78 is 43.3. The van der Waals surface area contributed by atoms with Crippen molar-refractivity contribution < 1.29 is 22.7 Å². The van der Waals surface area contributed by atoms with Crippen LogP contribution in [-0.4, -0.2) is 61.7 Å². The largest absolute Gasteiger partial charge is 0.450 e. The van der Waals surface area contributed by atoms with Crippen molar-refractivity contribution in [1.82, 2.24) is 15.1 Å². The summed E-state index contributed by atoms with van der Waals surface area (Å²) in [5.74, 6) is 0.589. The molecule has 1 aliphatic heterocycles. The summed E-state index contributed by atoms with van der Waals surface area (Å²) in [6.45, 7) is 4.47. The van der Waals surface area contributed by atoms with E-state index in [9.17, 15) is 18.0 Å². The van der Waals surface area contributed by atoms with Gasteiger partial charge in [0, 0.05) is 39.8 Å². The number of hydrogen-bond acceptors (Lipinski definition) is 3. The molecule has 6 nitrogen and oxygen atoms in total. The molecule has 0 bridgehead atoms. The lowest BCUT2D eigenvalue weighted by Crippen LogP contribution is -2.53. The molecule has 1 aromatic rings. The van der Waals surface area contributed by atoms with Crippen LogP contribution in [0.5, 0.6) is 0 Å². The van der Waals surface area contributed by atoms with E-state index in [4.69, 9.17) is 4.74 Å². The first-order valence-electron chi connectivity index (χ1n) is 8.38. The Hall–Kier alpha value is -2.45. The molecule has 1 heterocycles. The number of guanidine groups is 1. The monoisotopic (exact) mass is 372 g/mol. The zero-order valence-electron chi connectivity index (χ0n) is 14.8. The van der Waals surface area contributed by atoms with E-state index in [1.54, 1.807) is 24.9 Å². The fourth-order valence-corrected chi connectivity index (χ4v) is 2.69. The Morgan fingerprint density at radius 3 is 2.46 bits per heavy atom. The molecule has 0 saturated carbocycles. The topological polar surface area (TPSA) is 57.2 Å². The van der Waals surface area contributed by atoms with Crippen LogP contribution in [-0.2, 0) is 17.5 Å². The van der Waals surface area contributed by atoms with Gasteiger partial charge >= 0.3 is 12.3 Å². The van der Waals surface area contributed by atoms with E-state index >= 15 is 0 Å². The van der Waals surface area contributed by atoms with Crippen LogP contribution in [0.3, 0.4) is 0 Å². The van der Waals surface area contributed by atoms with Crippen LogP contribution in [0.15, 0.2) is 29.3 Å². The number of aliphatic imine (C=N–C) groups is 1. The Morgan fingerprint density at radius 1 is 1.23 bits per heavy atom. The number of hydrogen-bond donors (Lipinski definition) is 1. The summed E-state index contributed by atoms with van der Waals surface area (Å²) in [5, 5.41) is 3.08.